The Hall–Kier alpha value is -1.31. The second-order valence-corrected chi connectivity index (χ2v) is 2.29. The molecule has 2 nitrogen and oxygen atoms in total. The molecule has 10 heavy (non-hydrogen) atoms. The first-order valence-electron chi connectivity index (χ1n) is 3.20. The molecule has 0 aliphatic carbocycles. The Morgan fingerprint density at radius 3 is 3.10 bits per heavy atom. The molecule has 0 aliphatic heterocycles. The van der Waals surface area contributed by atoms with Gasteiger partial charge in [-0.25, -0.2) is 0 Å². The lowest BCUT2D eigenvalue weighted by Crippen LogP contribution is -2.26. The van der Waals surface area contributed by atoms with Crippen molar-refractivity contribution in [3.63, 3.8) is 0 Å². The standard InChI is InChI=1S/C8H8NO/c1-9-5-2-3-8-7(9)4-6-10-8/h2-6H,1H3/q+1. The fourth-order valence-electron chi connectivity index (χ4n) is 1.07. The molecule has 0 aliphatic rings. The average molecular weight is 134 g/mol. The molecule has 0 atom stereocenters. The third-order valence-electron chi connectivity index (χ3n) is 1.61. The van der Waals surface area contributed by atoms with E-state index in [0.29, 0.717) is 0 Å². The molecule has 0 aromatic carbocycles. The molecule has 2 heterocycles. The molecule has 50 valence electrons. The Kier molecular flexibility index (Phi) is 1.01. The number of nitrogens with zero attached hydrogens (tertiary/aromatic N) is 1. The number of hydrogen-bond donors (Lipinski definition) is 0. The highest BCUT2D eigenvalue weighted by Gasteiger charge is 2.03. The molecule has 2 heteroatoms. The Morgan fingerprint density at radius 1 is 1.40 bits per heavy atom. The summed E-state index contributed by atoms with van der Waals surface area (Å²) in [5.74, 6) is 0. The smallest absolute Gasteiger partial charge is 0.251 e. The SMILES string of the molecule is C[n+]1cccc2occc21. The summed E-state index contributed by atoms with van der Waals surface area (Å²) >= 11 is 0. The van der Waals surface area contributed by atoms with Crippen LogP contribution in [0.1, 0.15) is 0 Å². The van der Waals surface area contributed by atoms with Gasteiger partial charge in [0.15, 0.2) is 11.8 Å². The van der Waals surface area contributed by atoms with Crippen molar-refractivity contribution in [3.8, 4) is 0 Å². The monoisotopic (exact) mass is 134 g/mol. The number of pyridine rings is 1. The Balaban J connectivity index is 2.95. The topological polar surface area (TPSA) is 17.0 Å². The lowest BCUT2D eigenvalue weighted by molar-refractivity contribution is -0.644. The maximum Gasteiger partial charge on any atom is 0.251 e. The number of aryl methyl sites for hydroxylation is 1. The molecule has 0 bridgehead atoms. The third kappa shape index (κ3) is 0.620. The zero-order chi connectivity index (χ0) is 6.97. The van der Waals surface area contributed by atoms with Crippen LogP contribution in [0.5, 0.6) is 0 Å². The van der Waals surface area contributed by atoms with Crippen molar-refractivity contribution in [2.45, 2.75) is 0 Å². The van der Waals surface area contributed by atoms with E-state index in [-0.39, 0.29) is 0 Å². The molecule has 2 aromatic heterocycles. The van der Waals surface area contributed by atoms with Crippen LogP contribution >= 0.6 is 0 Å². The predicted molar refractivity (Wildman–Crippen MR) is 37.4 cm³/mol. The van der Waals surface area contributed by atoms with Gasteiger partial charge in [-0.05, 0) is 6.07 Å². The Labute approximate surface area is 58.7 Å². The van der Waals surface area contributed by atoms with Crippen LogP contribution < -0.4 is 4.57 Å². The zero-order valence-electron chi connectivity index (χ0n) is 5.74. The van der Waals surface area contributed by atoms with E-state index in [1.54, 1.807) is 6.26 Å². The van der Waals surface area contributed by atoms with Crippen LogP contribution in [0.4, 0.5) is 0 Å². The van der Waals surface area contributed by atoms with Gasteiger partial charge in [-0.15, -0.1) is 0 Å². The highest BCUT2D eigenvalue weighted by atomic mass is 16.3. The van der Waals surface area contributed by atoms with Crippen LogP contribution in [0.15, 0.2) is 35.1 Å². The van der Waals surface area contributed by atoms with Gasteiger partial charge in [0.05, 0.1) is 6.26 Å². The number of rotatable bonds is 0. The first-order valence-corrected chi connectivity index (χ1v) is 3.20. The highest BCUT2D eigenvalue weighted by molar-refractivity contribution is 5.67. The number of hydrogen-bond acceptors (Lipinski definition) is 1. The summed E-state index contributed by atoms with van der Waals surface area (Å²) in [6.07, 6.45) is 3.70. The average Bonchev–Trinajstić information content (AvgIpc) is 2.36. The second-order valence-electron chi connectivity index (χ2n) is 2.29. The van der Waals surface area contributed by atoms with Crippen LogP contribution in [0, 0.1) is 0 Å². The summed E-state index contributed by atoms with van der Waals surface area (Å²) in [6.45, 7) is 0. The first-order chi connectivity index (χ1) is 4.88. The van der Waals surface area contributed by atoms with Crippen molar-refractivity contribution >= 4 is 11.1 Å². The van der Waals surface area contributed by atoms with Gasteiger partial charge >= 0.3 is 0 Å². The molecule has 0 radical (unpaired) electrons. The fourth-order valence-corrected chi connectivity index (χ4v) is 1.07. The summed E-state index contributed by atoms with van der Waals surface area (Å²) in [7, 11) is 2.00. The predicted octanol–water partition coefficient (Wildman–Crippen LogP) is 1.26. The van der Waals surface area contributed by atoms with Gasteiger partial charge in [0, 0.05) is 12.1 Å². The molecule has 0 spiro atoms. The summed E-state index contributed by atoms with van der Waals surface area (Å²) in [4.78, 5) is 0. The van der Waals surface area contributed by atoms with Gasteiger partial charge in [0.25, 0.3) is 5.52 Å². The van der Waals surface area contributed by atoms with Gasteiger partial charge in [0.2, 0.25) is 0 Å². The van der Waals surface area contributed by atoms with Crippen molar-refractivity contribution in [1.82, 2.24) is 0 Å². The van der Waals surface area contributed by atoms with Gasteiger partial charge in [-0.2, -0.15) is 4.57 Å². The van der Waals surface area contributed by atoms with Gasteiger partial charge < -0.3 is 4.42 Å². The molecule has 2 rings (SSSR count). The van der Waals surface area contributed by atoms with Crippen LogP contribution in [0.25, 0.3) is 11.1 Å². The second kappa shape index (κ2) is 1.84. The molecule has 0 saturated carbocycles. The lowest BCUT2D eigenvalue weighted by atomic mass is 10.4. The normalized spacial score (nSPS) is 10.5. The van der Waals surface area contributed by atoms with Gasteiger partial charge in [-0.1, -0.05) is 0 Å². The van der Waals surface area contributed by atoms with E-state index in [2.05, 4.69) is 0 Å². The molecule has 0 N–H and O–H groups in total. The van der Waals surface area contributed by atoms with Crippen molar-refractivity contribution in [3.05, 3.63) is 30.7 Å². The van der Waals surface area contributed by atoms with E-state index in [4.69, 9.17) is 4.42 Å². The number of furan rings is 1. The van der Waals surface area contributed by atoms with Crippen molar-refractivity contribution in [2.24, 2.45) is 7.05 Å². The molecular formula is C8H8NO+. The highest BCUT2D eigenvalue weighted by Crippen LogP contribution is 2.08. The maximum atomic E-state index is 5.18. The van der Waals surface area contributed by atoms with Gasteiger partial charge in [-0.3, -0.25) is 0 Å². The minimum Gasteiger partial charge on any atom is -0.458 e. The Bertz CT molecular complexity index is 351. The van der Waals surface area contributed by atoms with E-state index >= 15 is 0 Å². The van der Waals surface area contributed by atoms with Crippen molar-refractivity contribution < 1.29 is 8.98 Å². The minimum atomic E-state index is 0.935. The quantitative estimate of drug-likeness (QED) is 0.496. The largest absolute Gasteiger partial charge is 0.458 e. The number of aromatic nitrogens is 1. The molecule has 0 saturated heterocycles. The zero-order valence-corrected chi connectivity index (χ0v) is 5.74. The van der Waals surface area contributed by atoms with E-state index < -0.39 is 0 Å². The van der Waals surface area contributed by atoms with Crippen LogP contribution in [-0.4, -0.2) is 0 Å². The summed E-state index contributed by atoms with van der Waals surface area (Å²) in [5.41, 5.74) is 2.06. The van der Waals surface area contributed by atoms with E-state index in [9.17, 15) is 0 Å². The summed E-state index contributed by atoms with van der Waals surface area (Å²) in [6, 6.07) is 5.87. The molecule has 2 aromatic rings. The molecular weight excluding hydrogens is 126 g/mol. The van der Waals surface area contributed by atoms with E-state index in [0.717, 1.165) is 11.1 Å². The van der Waals surface area contributed by atoms with Gasteiger partial charge in [0.1, 0.15) is 7.05 Å². The third-order valence-corrected chi connectivity index (χ3v) is 1.61. The lowest BCUT2D eigenvalue weighted by Gasteiger charge is -1.85. The van der Waals surface area contributed by atoms with Crippen LogP contribution in [-0.2, 0) is 7.05 Å². The van der Waals surface area contributed by atoms with Crippen LogP contribution in [0.2, 0.25) is 0 Å². The van der Waals surface area contributed by atoms with Crippen LogP contribution in [0.3, 0.4) is 0 Å². The molecule has 0 fully saturated rings. The number of fused-ring (bicyclic) bond motifs is 1. The first kappa shape index (κ1) is 5.47. The fraction of sp³-hybridized carbons (Fsp3) is 0.125. The molecule has 0 unspecified atom stereocenters. The molecule has 0 amide bonds. The van der Waals surface area contributed by atoms with E-state index in [1.165, 1.54) is 0 Å². The minimum absolute atomic E-state index is 0.935. The van der Waals surface area contributed by atoms with E-state index in [1.807, 2.05) is 36.0 Å². The van der Waals surface area contributed by atoms with Crippen molar-refractivity contribution in [2.75, 3.05) is 0 Å². The summed E-state index contributed by atoms with van der Waals surface area (Å²) in [5, 5.41) is 0. The van der Waals surface area contributed by atoms with Crippen molar-refractivity contribution in [1.29, 1.82) is 0 Å². The Morgan fingerprint density at radius 2 is 2.30 bits per heavy atom. The maximum absolute atomic E-state index is 5.18. The summed E-state index contributed by atoms with van der Waals surface area (Å²) < 4.78 is 7.20.